The molecule has 0 bridgehead atoms. The van der Waals surface area contributed by atoms with Crippen LogP contribution in [0, 0.1) is 5.41 Å². The number of benzene rings is 1. The van der Waals surface area contributed by atoms with Crippen molar-refractivity contribution in [3.05, 3.63) is 24.3 Å². The van der Waals surface area contributed by atoms with E-state index in [4.69, 9.17) is 10.1 Å². The van der Waals surface area contributed by atoms with Crippen molar-refractivity contribution in [3.8, 4) is 5.75 Å². The molecule has 56 valence electrons. The van der Waals surface area contributed by atoms with Gasteiger partial charge in [0, 0.05) is 0 Å². The second-order valence-corrected chi connectivity index (χ2v) is 1.92. The summed E-state index contributed by atoms with van der Waals surface area (Å²) in [6.45, 7) is 0. The van der Waals surface area contributed by atoms with Gasteiger partial charge >= 0.3 is 0 Å². The summed E-state index contributed by atoms with van der Waals surface area (Å²) >= 11 is 0. The van der Waals surface area contributed by atoms with Gasteiger partial charge in [0.1, 0.15) is 5.75 Å². The molecule has 0 aliphatic heterocycles. The summed E-state index contributed by atoms with van der Waals surface area (Å²) in [6, 6.07) is 9.06. The number of nitrogens with one attached hydrogen (secondary N) is 1. The summed E-state index contributed by atoms with van der Waals surface area (Å²) in [4.78, 5) is 3.64. The standard InChI is InChI=1S/C8H8N2O/c1-11-8-4-2-7(3-5-8)10-6-9/h2-5,9H,1H3. The fourth-order valence-electron chi connectivity index (χ4n) is 0.721. The first-order chi connectivity index (χ1) is 5.36. The summed E-state index contributed by atoms with van der Waals surface area (Å²) in [5, 5.41) is 6.59. The van der Waals surface area contributed by atoms with Crippen molar-refractivity contribution in [2.45, 2.75) is 0 Å². The maximum absolute atomic E-state index is 6.59. The maximum atomic E-state index is 6.59. The Kier molecular flexibility index (Phi) is 2.42. The zero-order valence-corrected chi connectivity index (χ0v) is 6.16. The zero-order valence-electron chi connectivity index (χ0n) is 6.16. The smallest absolute Gasteiger partial charge is 0.119 e. The Balaban J connectivity index is 2.91. The Hall–Kier alpha value is -1.60. The Bertz CT molecular complexity index is 273. The van der Waals surface area contributed by atoms with Gasteiger partial charge in [-0.3, -0.25) is 0 Å². The van der Waals surface area contributed by atoms with E-state index < -0.39 is 0 Å². The third kappa shape index (κ3) is 1.92. The molecule has 1 aromatic carbocycles. The molecule has 1 rings (SSSR count). The van der Waals surface area contributed by atoms with Crippen LogP contribution in [0.4, 0.5) is 5.69 Å². The number of ether oxygens (including phenoxy) is 1. The zero-order chi connectivity index (χ0) is 8.10. The highest BCUT2D eigenvalue weighted by molar-refractivity contribution is 5.50. The third-order valence-corrected chi connectivity index (χ3v) is 1.26. The van der Waals surface area contributed by atoms with Crippen LogP contribution in [0.15, 0.2) is 29.3 Å². The summed E-state index contributed by atoms with van der Waals surface area (Å²) in [5.74, 6) is 0.786. The number of nitrogens with zero attached hydrogens (tertiary/aromatic N) is 1. The minimum absolute atomic E-state index is 0.709. The molecule has 1 N–H and O–H groups in total. The molecule has 0 unspecified atom stereocenters. The second kappa shape index (κ2) is 3.54. The van der Waals surface area contributed by atoms with E-state index in [1.54, 1.807) is 31.4 Å². The van der Waals surface area contributed by atoms with E-state index in [9.17, 15) is 0 Å². The molecule has 0 fully saturated rings. The predicted molar refractivity (Wildman–Crippen MR) is 42.8 cm³/mol. The molecule has 0 aliphatic carbocycles. The molecule has 0 radical (unpaired) electrons. The van der Waals surface area contributed by atoms with Crippen molar-refractivity contribution in [1.29, 1.82) is 5.41 Å². The number of rotatable bonds is 2. The molecule has 0 saturated carbocycles. The van der Waals surface area contributed by atoms with Gasteiger partial charge in [-0.15, -0.1) is 0 Å². The number of methoxy groups -OCH3 is 1. The maximum Gasteiger partial charge on any atom is 0.119 e. The van der Waals surface area contributed by atoms with Crippen LogP contribution in [0.3, 0.4) is 0 Å². The van der Waals surface area contributed by atoms with Gasteiger partial charge in [0.25, 0.3) is 0 Å². The van der Waals surface area contributed by atoms with E-state index in [0.29, 0.717) is 5.69 Å². The molecule has 3 heteroatoms. The fourth-order valence-corrected chi connectivity index (χ4v) is 0.721. The monoisotopic (exact) mass is 148 g/mol. The van der Waals surface area contributed by atoms with E-state index in [0.717, 1.165) is 5.75 Å². The average molecular weight is 148 g/mol. The molecule has 0 atom stereocenters. The fraction of sp³-hybridized carbons (Fsp3) is 0.125. The number of hydrogen-bond acceptors (Lipinski definition) is 3. The minimum Gasteiger partial charge on any atom is -0.497 e. The lowest BCUT2D eigenvalue weighted by atomic mass is 10.3. The van der Waals surface area contributed by atoms with E-state index >= 15 is 0 Å². The SMILES string of the molecule is COc1ccc(N=C=N)cc1. The molecule has 1 aromatic rings. The van der Waals surface area contributed by atoms with Crippen LogP contribution >= 0.6 is 0 Å². The van der Waals surface area contributed by atoms with Gasteiger partial charge in [-0.1, -0.05) is 0 Å². The molecule has 0 spiro atoms. The van der Waals surface area contributed by atoms with Crippen LogP contribution in [-0.2, 0) is 0 Å². The normalized spacial score (nSPS) is 8.45. The molecule has 11 heavy (non-hydrogen) atoms. The van der Waals surface area contributed by atoms with E-state index in [2.05, 4.69) is 4.99 Å². The summed E-state index contributed by atoms with van der Waals surface area (Å²) in [5.41, 5.74) is 0.709. The first-order valence-electron chi connectivity index (χ1n) is 3.13. The molecule has 3 nitrogen and oxygen atoms in total. The Morgan fingerprint density at radius 2 is 2.00 bits per heavy atom. The quantitative estimate of drug-likeness (QED) is 0.641. The van der Waals surface area contributed by atoms with Crippen molar-refractivity contribution in [2.24, 2.45) is 4.99 Å². The van der Waals surface area contributed by atoms with E-state index in [1.165, 1.54) is 0 Å². The number of hydrogen-bond donors (Lipinski definition) is 1. The van der Waals surface area contributed by atoms with Crippen molar-refractivity contribution in [3.63, 3.8) is 0 Å². The van der Waals surface area contributed by atoms with Crippen molar-refractivity contribution < 1.29 is 4.74 Å². The average Bonchev–Trinajstić information content (AvgIpc) is 2.07. The molecule has 0 aliphatic rings. The lowest BCUT2D eigenvalue weighted by Crippen LogP contribution is -1.79. The third-order valence-electron chi connectivity index (χ3n) is 1.26. The van der Waals surface area contributed by atoms with Crippen molar-refractivity contribution >= 4 is 11.7 Å². The first kappa shape index (κ1) is 7.51. The van der Waals surface area contributed by atoms with Gasteiger partial charge in [-0.2, -0.15) is 4.99 Å². The van der Waals surface area contributed by atoms with Crippen LogP contribution < -0.4 is 4.74 Å². The van der Waals surface area contributed by atoms with Crippen molar-refractivity contribution in [2.75, 3.05) is 7.11 Å². The lowest BCUT2D eigenvalue weighted by Gasteiger charge is -1.96. The molecule has 0 saturated heterocycles. The second-order valence-electron chi connectivity index (χ2n) is 1.92. The van der Waals surface area contributed by atoms with Gasteiger partial charge in [0.15, 0.2) is 0 Å². The summed E-state index contributed by atoms with van der Waals surface area (Å²) in [6.07, 6.45) is 0. The Morgan fingerprint density at radius 3 is 2.45 bits per heavy atom. The largest absolute Gasteiger partial charge is 0.497 e. The van der Waals surface area contributed by atoms with Crippen LogP contribution in [0.2, 0.25) is 0 Å². The first-order valence-corrected chi connectivity index (χ1v) is 3.13. The van der Waals surface area contributed by atoms with Gasteiger partial charge in [0.2, 0.25) is 0 Å². The van der Waals surface area contributed by atoms with E-state index in [-0.39, 0.29) is 0 Å². The van der Waals surface area contributed by atoms with Gasteiger partial charge in [-0.25, -0.2) is 5.41 Å². The van der Waals surface area contributed by atoms with E-state index in [1.807, 2.05) is 6.01 Å². The van der Waals surface area contributed by atoms with Crippen LogP contribution in [0.1, 0.15) is 0 Å². The molecule has 0 aromatic heterocycles. The van der Waals surface area contributed by atoms with Crippen molar-refractivity contribution in [1.82, 2.24) is 0 Å². The van der Waals surface area contributed by atoms with Gasteiger partial charge in [0.05, 0.1) is 18.8 Å². The molecule has 0 heterocycles. The highest BCUT2D eigenvalue weighted by atomic mass is 16.5. The Labute approximate surface area is 64.9 Å². The van der Waals surface area contributed by atoms with Crippen LogP contribution in [-0.4, -0.2) is 13.1 Å². The topological polar surface area (TPSA) is 45.4 Å². The Morgan fingerprint density at radius 1 is 1.36 bits per heavy atom. The summed E-state index contributed by atoms with van der Waals surface area (Å²) in [7, 11) is 1.61. The molecular formula is C8H8N2O. The predicted octanol–water partition coefficient (Wildman–Crippen LogP) is 2.08. The lowest BCUT2D eigenvalue weighted by molar-refractivity contribution is 0.415. The van der Waals surface area contributed by atoms with Crippen LogP contribution in [0.25, 0.3) is 0 Å². The molecule has 0 amide bonds. The highest BCUT2D eigenvalue weighted by Gasteiger charge is 1.89. The summed E-state index contributed by atoms with van der Waals surface area (Å²) < 4.78 is 4.94. The van der Waals surface area contributed by atoms with Crippen LogP contribution in [0.5, 0.6) is 5.75 Å². The van der Waals surface area contributed by atoms with Gasteiger partial charge in [-0.05, 0) is 24.3 Å². The van der Waals surface area contributed by atoms with Gasteiger partial charge < -0.3 is 4.74 Å². The minimum atomic E-state index is 0.709. The highest BCUT2D eigenvalue weighted by Crippen LogP contribution is 2.16. The molecular weight excluding hydrogens is 140 g/mol. The number of aliphatic imine (C=N–C) groups is 1.